The minimum Gasteiger partial charge on any atom is -0.507 e. The number of carbonyl (C=O) groups excluding carboxylic acids is 2. The molecule has 4 rings (SSSR count). The van der Waals surface area contributed by atoms with Crippen molar-refractivity contribution in [1.82, 2.24) is 0 Å². The fourth-order valence-corrected chi connectivity index (χ4v) is 3.58. The molecule has 1 saturated heterocycles. The van der Waals surface area contributed by atoms with Gasteiger partial charge in [0.2, 0.25) is 0 Å². The first-order valence-electron chi connectivity index (χ1n) is 9.25. The van der Waals surface area contributed by atoms with Crippen molar-refractivity contribution >= 4 is 28.8 Å². The Bertz CT molecular complexity index is 1220. The number of amides is 1. The zero-order valence-corrected chi connectivity index (χ0v) is 15.9. The van der Waals surface area contributed by atoms with E-state index in [2.05, 4.69) is 0 Å². The molecule has 31 heavy (non-hydrogen) atoms. The molecule has 1 N–H and O–H groups in total. The quantitative estimate of drug-likeness (QED) is 0.223. The molecule has 0 aliphatic carbocycles. The van der Waals surface area contributed by atoms with Crippen molar-refractivity contribution in [3.8, 4) is 0 Å². The molecule has 3 aromatic carbocycles. The van der Waals surface area contributed by atoms with Gasteiger partial charge < -0.3 is 5.11 Å². The minimum absolute atomic E-state index is 0.207. The van der Waals surface area contributed by atoms with Crippen LogP contribution in [-0.4, -0.2) is 21.7 Å². The molecule has 3 aromatic rings. The van der Waals surface area contributed by atoms with E-state index in [1.165, 1.54) is 36.4 Å². The molecule has 0 aromatic heterocycles. The summed E-state index contributed by atoms with van der Waals surface area (Å²) in [5.41, 5.74) is 0.347. The van der Waals surface area contributed by atoms with Gasteiger partial charge in [0.1, 0.15) is 11.6 Å². The van der Waals surface area contributed by atoms with E-state index in [4.69, 9.17) is 0 Å². The maximum absolute atomic E-state index is 13.4. The van der Waals surface area contributed by atoms with E-state index in [0.29, 0.717) is 5.56 Å². The van der Waals surface area contributed by atoms with Gasteiger partial charge in [0.25, 0.3) is 17.4 Å². The van der Waals surface area contributed by atoms with Crippen LogP contribution in [0.25, 0.3) is 5.76 Å². The van der Waals surface area contributed by atoms with E-state index < -0.39 is 34.2 Å². The number of carbonyl (C=O) groups is 2. The van der Waals surface area contributed by atoms with Gasteiger partial charge in [0, 0.05) is 23.4 Å². The Morgan fingerprint density at radius 1 is 0.968 bits per heavy atom. The summed E-state index contributed by atoms with van der Waals surface area (Å²) in [5.74, 6) is -2.81. The van der Waals surface area contributed by atoms with Crippen LogP contribution < -0.4 is 4.90 Å². The summed E-state index contributed by atoms with van der Waals surface area (Å²) >= 11 is 0. The second-order valence-electron chi connectivity index (χ2n) is 6.86. The fourth-order valence-electron chi connectivity index (χ4n) is 3.58. The lowest BCUT2D eigenvalue weighted by atomic mass is 9.95. The van der Waals surface area contributed by atoms with Crippen LogP contribution in [0.2, 0.25) is 0 Å². The lowest BCUT2D eigenvalue weighted by molar-refractivity contribution is -0.384. The Kier molecular flexibility index (Phi) is 5.04. The highest BCUT2D eigenvalue weighted by molar-refractivity contribution is 6.51. The van der Waals surface area contributed by atoms with E-state index in [1.54, 1.807) is 30.3 Å². The highest BCUT2D eigenvalue weighted by atomic mass is 19.1. The highest BCUT2D eigenvalue weighted by Gasteiger charge is 2.47. The lowest BCUT2D eigenvalue weighted by Crippen LogP contribution is -2.29. The molecule has 8 heteroatoms. The van der Waals surface area contributed by atoms with Crippen LogP contribution in [0, 0.1) is 15.9 Å². The normalized spacial score (nSPS) is 17.7. The molecular weight excluding hydrogens is 403 g/mol. The van der Waals surface area contributed by atoms with Crippen LogP contribution in [0.5, 0.6) is 0 Å². The van der Waals surface area contributed by atoms with E-state index in [0.717, 1.165) is 17.0 Å². The van der Waals surface area contributed by atoms with E-state index in [-0.39, 0.29) is 22.5 Å². The van der Waals surface area contributed by atoms with Crippen molar-refractivity contribution in [2.75, 3.05) is 4.90 Å². The fraction of sp³-hybridized carbons (Fsp3) is 0.0435. The van der Waals surface area contributed by atoms with Gasteiger partial charge in [-0.05, 0) is 29.8 Å². The molecule has 0 spiro atoms. The average Bonchev–Trinajstić information content (AvgIpc) is 3.05. The first-order chi connectivity index (χ1) is 14.9. The number of aliphatic hydroxyl groups excluding tert-OH is 1. The van der Waals surface area contributed by atoms with Gasteiger partial charge in [-0.25, -0.2) is 4.39 Å². The van der Waals surface area contributed by atoms with Gasteiger partial charge in [-0.15, -0.1) is 0 Å². The van der Waals surface area contributed by atoms with Crippen LogP contribution in [-0.2, 0) is 9.59 Å². The van der Waals surface area contributed by atoms with Crippen molar-refractivity contribution in [2.24, 2.45) is 0 Å². The number of halogens is 1. The number of nitro benzene ring substituents is 1. The summed E-state index contributed by atoms with van der Waals surface area (Å²) in [6.07, 6.45) is 0. The first kappa shape index (κ1) is 20.0. The minimum atomic E-state index is -1.13. The van der Waals surface area contributed by atoms with Gasteiger partial charge in [-0.2, -0.15) is 0 Å². The zero-order chi connectivity index (χ0) is 22.1. The Morgan fingerprint density at radius 2 is 1.65 bits per heavy atom. The Balaban J connectivity index is 1.97. The van der Waals surface area contributed by atoms with Gasteiger partial charge in [-0.3, -0.25) is 24.6 Å². The summed E-state index contributed by atoms with van der Waals surface area (Å²) in [7, 11) is 0. The summed E-state index contributed by atoms with van der Waals surface area (Å²) in [4.78, 5) is 37.7. The van der Waals surface area contributed by atoms with E-state index in [9.17, 15) is 29.2 Å². The van der Waals surface area contributed by atoms with Gasteiger partial charge in [0.15, 0.2) is 0 Å². The van der Waals surface area contributed by atoms with Crippen LogP contribution >= 0.6 is 0 Å². The van der Waals surface area contributed by atoms with Gasteiger partial charge in [0.05, 0.1) is 16.5 Å². The predicted octanol–water partition coefficient (Wildman–Crippen LogP) is 4.36. The second-order valence-corrected chi connectivity index (χ2v) is 6.86. The van der Waals surface area contributed by atoms with Crippen LogP contribution in [0.1, 0.15) is 17.2 Å². The number of benzene rings is 3. The molecule has 1 heterocycles. The maximum atomic E-state index is 13.4. The molecule has 7 nitrogen and oxygen atoms in total. The number of nitrogens with zero attached hydrogens (tertiary/aromatic N) is 2. The number of hydrogen-bond acceptors (Lipinski definition) is 5. The van der Waals surface area contributed by atoms with Gasteiger partial charge in [-0.1, -0.05) is 42.5 Å². The zero-order valence-electron chi connectivity index (χ0n) is 15.9. The number of nitro groups is 1. The third kappa shape index (κ3) is 3.55. The smallest absolute Gasteiger partial charge is 0.300 e. The molecule has 1 aliphatic rings. The first-order valence-corrected chi connectivity index (χ1v) is 9.25. The average molecular weight is 418 g/mol. The lowest BCUT2D eigenvalue weighted by Gasteiger charge is -2.25. The predicted molar refractivity (Wildman–Crippen MR) is 111 cm³/mol. The molecule has 0 saturated carbocycles. The Hall–Kier alpha value is -4.33. The summed E-state index contributed by atoms with van der Waals surface area (Å²) in [6.45, 7) is 0. The van der Waals surface area contributed by atoms with Crippen molar-refractivity contribution < 1.29 is 24.0 Å². The number of hydrogen-bond donors (Lipinski definition) is 1. The molecule has 154 valence electrons. The largest absolute Gasteiger partial charge is 0.507 e. The molecule has 0 unspecified atom stereocenters. The molecule has 1 fully saturated rings. The second kappa shape index (κ2) is 7.83. The summed E-state index contributed by atoms with van der Waals surface area (Å²) < 4.78 is 13.4. The molecule has 0 bridgehead atoms. The number of aliphatic hydroxyl groups is 1. The van der Waals surface area contributed by atoms with Crippen LogP contribution in [0.3, 0.4) is 0 Å². The molecule has 1 amide bonds. The SMILES string of the molecule is O=C1C(=O)N(c2ccc(F)cc2)[C@H](c2cccc([N+](=O)[O-])c2)C1=C(O)c1ccccc1. The maximum Gasteiger partial charge on any atom is 0.300 e. The third-order valence-corrected chi connectivity index (χ3v) is 4.99. The van der Waals surface area contributed by atoms with Crippen molar-refractivity contribution in [3.05, 3.63) is 111 Å². The van der Waals surface area contributed by atoms with Crippen molar-refractivity contribution in [2.45, 2.75) is 6.04 Å². The molecule has 1 aliphatic heterocycles. The number of non-ortho nitro benzene ring substituents is 1. The monoisotopic (exact) mass is 418 g/mol. The number of rotatable bonds is 4. The van der Waals surface area contributed by atoms with Gasteiger partial charge >= 0.3 is 0 Å². The molecule has 0 radical (unpaired) electrons. The van der Waals surface area contributed by atoms with Crippen LogP contribution in [0.15, 0.2) is 84.4 Å². The topological polar surface area (TPSA) is 101 Å². The number of Topliss-reactive ketones (excluding diaryl/α,β-unsaturated/α-hetero) is 1. The number of anilines is 1. The van der Waals surface area contributed by atoms with Crippen molar-refractivity contribution in [1.29, 1.82) is 0 Å². The number of ketones is 1. The van der Waals surface area contributed by atoms with Crippen molar-refractivity contribution in [3.63, 3.8) is 0 Å². The van der Waals surface area contributed by atoms with E-state index >= 15 is 0 Å². The van der Waals surface area contributed by atoms with Crippen LogP contribution in [0.4, 0.5) is 15.8 Å². The summed E-state index contributed by atoms with van der Waals surface area (Å²) in [6, 6.07) is 17.5. The Labute approximate surface area is 175 Å². The molecule has 1 atom stereocenters. The third-order valence-electron chi connectivity index (χ3n) is 4.99. The standard InChI is InChI=1S/C23H15FN2O5/c24-16-9-11-17(12-10-16)25-20(15-7-4-8-18(13-15)26(30)31)19(22(28)23(25)29)21(27)14-5-2-1-3-6-14/h1-13,20,27H/t20-/m1/s1. The summed E-state index contributed by atoms with van der Waals surface area (Å²) in [5, 5.41) is 22.2. The molecular formula is C23H15FN2O5. The van der Waals surface area contributed by atoms with E-state index in [1.807, 2.05) is 0 Å². The Morgan fingerprint density at radius 3 is 2.29 bits per heavy atom. The highest BCUT2D eigenvalue weighted by Crippen LogP contribution is 2.42.